The van der Waals surface area contributed by atoms with Crippen LogP contribution in [-0.2, 0) is 19.3 Å². The van der Waals surface area contributed by atoms with E-state index in [0.29, 0.717) is 0 Å². The second-order valence-electron chi connectivity index (χ2n) is 4.53. The Labute approximate surface area is 137 Å². The van der Waals surface area contributed by atoms with Crippen molar-refractivity contribution in [3.63, 3.8) is 0 Å². The van der Waals surface area contributed by atoms with Gasteiger partial charge in [0.1, 0.15) is 17.1 Å². The number of hydrogen-bond acceptors (Lipinski definition) is 6. The maximum Gasteiger partial charge on any atom is 0.496 e. The molecule has 1 rings (SSSR count). The lowest BCUT2D eigenvalue weighted by Gasteiger charge is -2.17. The summed E-state index contributed by atoms with van der Waals surface area (Å²) in [6, 6.07) is 2.11. The molecule has 0 fully saturated rings. The minimum absolute atomic E-state index is 0.00354. The molecule has 0 saturated heterocycles. The highest BCUT2D eigenvalue weighted by Gasteiger charge is 2.42. The Balaban J connectivity index is 3.31. The van der Waals surface area contributed by atoms with Gasteiger partial charge in [0.25, 0.3) is 0 Å². The van der Waals surface area contributed by atoms with Crippen molar-refractivity contribution >= 4 is 21.6 Å². The first-order valence-corrected chi connectivity index (χ1v) is 8.25. The smallest absolute Gasteiger partial charge is 0.467 e. The molecule has 0 saturated carbocycles. The minimum atomic E-state index is -5.14. The van der Waals surface area contributed by atoms with E-state index in [9.17, 15) is 22.2 Å². The van der Waals surface area contributed by atoms with Gasteiger partial charge in [0.15, 0.2) is 6.79 Å². The van der Waals surface area contributed by atoms with Crippen molar-refractivity contribution in [2.24, 2.45) is 0 Å². The second kappa shape index (κ2) is 7.75. The number of ether oxygens (including phenoxy) is 3. The van der Waals surface area contributed by atoms with E-state index in [2.05, 4.69) is 10.1 Å². The number of benzene rings is 1. The van der Waals surface area contributed by atoms with E-state index in [-0.39, 0.29) is 30.3 Å². The predicted octanol–water partition coefficient (Wildman–Crippen LogP) is 2.68. The summed E-state index contributed by atoms with van der Waals surface area (Å²) in [6.45, 7) is 2.87. The number of carbonyl (C=O) groups excluding carboxylic acids is 1. The van der Waals surface area contributed by atoms with Gasteiger partial charge in [0.05, 0.1) is 6.61 Å². The monoisotopic (exact) mass is 370 g/mol. The van der Waals surface area contributed by atoms with Crippen LogP contribution < -0.4 is 8.92 Å². The molecule has 0 amide bonds. The van der Waals surface area contributed by atoms with Crippen molar-refractivity contribution in [1.82, 2.24) is 0 Å². The Morgan fingerprint density at radius 2 is 1.96 bits per heavy atom. The molecule has 6 nitrogen and oxygen atoms in total. The van der Waals surface area contributed by atoms with Crippen molar-refractivity contribution in [1.29, 1.82) is 0 Å². The van der Waals surface area contributed by atoms with Crippen LogP contribution >= 0.6 is 0 Å². The second-order valence-corrected chi connectivity index (χ2v) is 6.39. The number of carbonyl (C=O) groups is 1. The number of hydrogen-bond donors (Lipinski definition) is 0. The molecule has 1 aromatic rings. The largest absolute Gasteiger partial charge is 0.496 e. The number of halogens is 3. The Kier molecular flexibility index (Phi) is 6.50. The average Bonchev–Trinajstić information content (AvgIpc) is 2.43. The highest BCUT2D eigenvalue weighted by molar-refractivity contribution is 7.97. The topological polar surface area (TPSA) is 71.1 Å². The lowest BCUT2D eigenvalue weighted by Crippen LogP contribution is -2.28. The zero-order chi connectivity index (χ0) is 18.5. The van der Waals surface area contributed by atoms with Crippen LogP contribution in [0.25, 0.3) is 0 Å². The molecule has 136 valence electrons. The Bertz CT molecular complexity index is 697. The molecule has 24 heavy (non-hydrogen) atoms. The first kappa shape index (κ1) is 20.1. The lowest BCUT2D eigenvalue weighted by atomic mass is 10.1. The Hall–Kier alpha value is -1.94. The van der Waals surface area contributed by atoms with Gasteiger partial charge in [-0.3, -0.25) is 0 Å². The molecule has 0 radical (unpaired) electrons. The van der Waals surface area contributed by atoms with Crippen molar-refractivity contribution < 1.29 is 40.6 Å². The van der Waals surface area contributed by atoms with Gasteiger partial charge < -0.3 is 18.4 Å². The molecule has 0 aromatic heterocycles. The molecule has 1 atom stereocenters. The fourth-order valence-corrected chi connectivity index (χ4v) is 2.18. The van der Waals surface area contributed by atoms with Gasteiger partial charge >= 0.3 is 11.5 Å². The van der Waals surface area contributed by atoms with E-state index >= 15 is 0 Å². The van der Waals surface area contributed by atoms with Crippen molar-refractivity contribution in [3.8, 4) is 11.5 Å². The summed E-state index contributed by atoms with van der Waals surface area (Å²) in [7, 11) is -3.53. The predicted molar refractivity (Wildman–Crippen MR) is 81.6 cm³/mol. The number of rotatable bonds is 7. The zero-order valence-electron chi connectivity index (χ0n) is 13.3. The maximum atomic E-state index is 12.6. The summed E-state index contributed by atoms with van der Waals surface area (Å²) in [5, 5.41) is 0. The highest BCUT2D eigenvalue weighted by atomic mass is 32.2. The Morgan fingerprint density at radius 1 is 1.33 bits per heavy atom. The van der Waals surface area contributed by atoms with E-state index in [0.717, 1.165) is 12.1 Å². The fraction of sp³-hybridized carbons (Fsp3) is 0.429. The summed E-state index contributed by atoms with van der Waals surface area (Å²) in [6.07, 6.45) is 0. The van der Waals surface area contributed by atoms with Crippen molar-refractivity contribution in [2.45, 2.75) is 19.4 Å². The number of esters is 1. The van der Waals surface area contributed by atoms with Crippen molar-refractivity contribution in [2.75, 3.05) is 20.5 Å². The van der Waals surface area contributed by atoms with Crippen LogP contribution in [0, 0.1) is 6.92 Å². The fourth-order valence-electron chi connectivity index (χ4n) is 1.67. The van der Waals surface area contributed by atoms with E-state index < -0.39 is 27.0 Å². The summed E-state index contributed by atoms with van der Waals surface area (Å²) in [5.74, 6) is 1.31. The van der Waals surface area contributed by atoms with Gasteiger partial charge in [-0.2, -0.15) is 13.2 Å². The van der Waals surface area contributed by atoms with Crippen LogP contribution in [0.3, 0.4) is 0 Å². The SMILES string of the molecule is C=S(=O)(Oc1cc(C)c(C(=O)OCC)c(OCOC)c1)C(F)(F)F. The molecule has 0 bridgehead atoms. The van der Waals surface area contributed by atoms with E-state index in [1.165, 1.54) is 14.0 Å². The summed E-state index contributed by atoms with van der Waals surface area (Å²) >= 11 is 0. The maximum absolute atomic E-state index is 12.6. The molecule has 1 unspecified atom stereocenters. The summed E-state index contributed by atoms with van der Waals surface area (Å²) < 4.78 is 68.7. The molecule has 0 N–H and O–H groups in total. The quantitative estimate of drug-likeness (QED) is 0.418. The lowest BCUT2D eigenvalue weighted by molar-refractivity contribution is -0.0447. The third-order valence-electron chi connectivity index (χ3n) is 2.67. The van der Waals surface area contributed by atoms with E-state index in [4.69, 9.17) is 14.2 Å². The van der Waals surface area contributed by atoms with Gasteiger partial charge in [-0.1, -0.05) is 0 Å². The van der Waals surface area contributed by atoms with Crippen LogP contribution in [-0.4, -0.2) is 42.1 Å². The standard InChI is InChI=1S/C14H17F3O6S/c1-5-21-13(18)12-9(2)6-10(7-11(12)22-8-20-3)23-24(4,19)14(15,16)17/h6-7H,4-5,8H2,1-3H3. The van der Waals surface area contributed by atoms with Crippen LogP contribution in [0.5, 0.6) is 11.5 Å². The molecule has 0 aliphatic carbocycles. The van der Waals surface area contributed by atoms with E-state index in [1.807, 2.05) is 0 Å². The molecule has 0 aliphatic heterocycles. The van der Waals surface area contributed by atoms with Crippen LogP contribution in [0.15, 0.2) is 12.1 Å². The first-order chi connectivity index (χ1) is 11.0. The van der Waals surface area contributed by atoms with Gasteiger partial charge in [-0.05, 0) is 31.3 Å². The molecule has 0 aliphatic rings. The van der Waals surface area contributed by atoms with Crippen LogP contribution in [0.1, 0.15) is 22.8 Å². The number of aryl methyl sites for hydroxylation is 1. The number of alkyl halides is 3. The van der Waals surface area contributed by atoms with Gasteiger partial charge in [-0.15, -0.1) is 0 Å². The van der Waals surface area contributed by atoms with Crippen molar-refractivity contribution in [3.05, 3.63) is 23.3 Å². The third kappa shape index (κ3) is 4.78. The normalized spacial score (nSPS) is 13.9. The molecule has 0 heterocycles. The summed E-state index contributed by atoms with van der Waals surface area (Å²) in [5.41, 5.74) is -4.92. The van der Waals surface area contributed by atoms with Crippen LogP contribution in [0.4, 0.5) is 13.2 Å². The highest BCUT2D eigenvalue weighted by Crippen LogP contribution is 2.33. The molecule has 10 heteroatoms. The van der Waals surface area contributed by atoms with Gasteiger partial charge in [0.2, 0.25) is 9.80 Å². The molecular weight excluding hydrogens is 353 g/mol. The van der Waals surface area contributed by atoms with Crippen LogP contribution in [0.2, 0.25) is 0 Å². The molecule has 1 aromatic carbocycles. The average molecular weight is 370 g/mol. The first-order valence-electron chi connectivity index (χ1n) is 6.60. The zero-order valence-corrected chi connectivity index (χ0v) is 14.1. The Morgan fingerprint density at radius 3 is 2.46 bits per heavy atom. The van der Waals surface area contributed by atoms with Gasteiger partial charge in [-0.25, -0.2) is 9.00 Å². The third-order valence-corrected chi connectivity index (χ3v) is 3.84. The molecule has 0 spiro atoms. The van der Waals surface area contributed by atoms with E-state index in [1.54, 1.807) is 6.92 Å². The molecular formula is C14H17F3O6S. The summed E-state index contributed by atoms with van der Waals surface area (Å²) in [4.78, 5) is 12.0. The van der Waals surface area contributed by atoms with Gasteiger partial charge in [0, 0.05) is 13.2 Å². The number of methoxy groups -OCH3 is 1. The minimum Gasteiger partial charge on any atom is -0.467 e.